The van der Waals surface area contributed by atoms with Crippen LogP contribution in [0.1, 0.15) is 12.5 Å². The molecule has 0 aliphatic carbocycles. The predicted molar refractivity (Wildman–Crippen MR) is 95.4 cm³/mol. The van der Waals surface area contributed by atoms with Gasteiger partial charge in [-0.2, -0.15) is 10.4 Å². The van der Waals surface area contributed by atoms with Crippen LogP contribution in [0.15, 0.2) is 49.1 Å². The molecule has 27 heavy (non-hydrogen) atoms. The number of hydrogen-bond acceptors (Lipinski definition) is 6. The van der Waals surface area contributed by atoms with E-state index < -0.39 is 5.82 Å². The van der Waals surface area contributed by atoms with Crippen LogP contribution >= 0.6 is 0 Å². The SMILES string of the molecule is CCn1cnc2c(-c3ccc(F)c(Oc4ccc(C#N)cn4)c3)cnnc21. The van der Waals surface area contributed by atoms with Crippen molar-refractivity contribution in [3.63, 3.8) is 0 Å². The number of hydrogen-bond donors (Lipinski definition) is 0. The number of nitriles is 1. The molecule has 0 fully saturated rings. The Bertz CT molecular complexity index is 1160. The van der Waals surface area contributed by atoms with E-state index in [2.05, 4.69) is 20.2 Å². The minimum atomic E-state index is -0.526. The molecule has 0 spiro atoms. The number of ether oxygens (including phenoxy) is 1. The first-order chi connectivity index (χ1) is 13.2. The molecule has 4 rings (SSSR count). The Balaban J connectivity index is 1.74. The molecule has 4 aromatic rings. The molecular formula is C19H13FN6O. The fraction of sp³-hybridized carbons (Fsp3) is 0.105. The Kier molecular flexibility index (Phi) is 4.18. The Hall–Kier alpha value is -3.86. The molecule has 0 aliphatic heterocycles. The van der Waals surface area contributed by atoms with E-state index in [1.165, 1.54) is 18.3 Å². The van der Waals surface area contributed by atoms with Crippen LogP contribution in [-0.2, 0) is 6.54 Å². The number of imidazole rings is 1. The minimum Gasteiger partial charge on any atom is -0.436 e. The van der Waals surface area contributed by atoms with Gasteiger partial charge in [-0.15, -0.1) is 5.10 Å². The van der Waals surface area contributed by atoms with Crippen molar-refractivity contribution in [1.82, 2.24) is 24.7 Å². The predicted octanol–water partition coefficient (Wildman–Crippen LogP) is 3.71. The standard InChI is InChI=1S/C19H13FN6O/c1-2-26-11-23-18-14(10-24-25-19(18)26)13-4-5-15(20)16(7-13)27-17-6-3-12(8-21)9-22-17/h3-7,9-11H,2H2,1H3. The van der Waals surface area contributed by atoms with E-state index in [9.17, 15) is 4.39 Å². The second kappa shape index (κ2) is 6.80. The van der Waals surface area contributed by atoms with Gasteiger partial charge in [-0.3, -0.25) is 0 Å². The van der Waals surface area contributed by atoms with Crippen LogP contribution in [0, 0.1) is 17.1 Å². The van der Waals surface area contributed by atoms with Gasteiger partial charge in [-0.25, -0.2) is 14.4 Å². The molecule has 0 unspecified atom stereocenters. The zero-order chi connectivity index (χ0) is 18.8. The number of nitrogens with zero attached hydrogens (tertiary/aromatic N) is 6. The average Bonchev–Trinajstić information content (AvgIpc) is 3.13. The maximum absolute atomic E-state index is 14.2. The number of benzene rings is 1. The van der Waals surface area contributed by atoms with Crippen LogP contribution in [-0.4, -0.2) is 24.7 Å². The average molecular weight is 360 g/mol. The second-order valence-electron chi connectivity index (χ2n) is 5.71. The summed E-state index contributed by atoms with van der Waals surface area (Å²) < 4.78 is 21.7. The van der Waals surface area contributed by atoms with Gasteiger partial charge in [0.1, 0.15) is 11.6 Å². The first-order valence-electron chi connectivity index (χ1n) is 8.20. The molecule has 0 bridgehead atoms. The molecular weight excluding hydrogens is 347 g/mol. The highest BCUT2D eigenvalue weighted by atomic mass is 19.1. The van der Waals surface area contributed by atoms with Crippen molar-refractivity contribution in [3.8, 4) is 28.8 Å². The van der Waals surface area contributed by atoms with E-state index in [0.717, 1.165) is 12.1 Å². The topological polar surface area (TPSA) is 89.5 Å². The van der Waals surface area contributed by atoms with Gasteiger partial charge in [-0.1, -0.05) is 6.07 Å². The van der Waals surface area contributed by atoms with E-state index in [1.807, 2.05) is 17.6 Å². The van der Waals surface area contributed by atoms with Gasteiger partial charge in [0.15, 0.2) is 17.2 Å². The first-order valence-corrected chi connectivity index (χ1v) is 8.20. The highest BCUT2D eigenvalue weighted by molar-refractivity contribution is 5.89. The van der Waals surface area contributed by atoms with Crippen molar-refractivity contribution in [1.29, 1.82) is 5.26 Å². The molecule has 1 aromatic carbocycles. The van der Waals surface area contributed by atoms with Gasteiger partial charge in [0.05, 0.1) is 18.1 Å². The summed E-state index contributed by atoms with van der Waals surface area (Å²) in [7, 11) is 0. The van der Waals surface area contributed by atoms with Crippen molar-refractivity contribution in [2.75, 3.05) is 0 Å². The van der Waals surface area contributed by atoms with Crippen molar-refractivity contribution in [3.05, 3.63) is 60.4 Å². The maximum Gasteiger partial charge on any atom is 0.219 e. The smallest absolute Gasteiger partial charge is 0.219 e. The van der Waals surface area contributed by atoms with Crippen LogP contribution in [0.2, 0.25) is 0 Å². The zero-order valence-electron chi connectivity index (χ0n) is 14.3. The number of aromatic nitrogens is 5. The molecule has 0 N–H and O–H groups in total. The Morgan fingerprint density at radius 3 is 2.81 bits per heavy atom. The van der Waals surface area contributed by atoms with Crippen LogP contribution in [0.5, 0.6) is 11.6 Å². The van der Waals surface area contributed by atoms with E-state index in [1.54, 1.807) is 30.7 Å². The number of halogens is 1. The number of fused-ring (bicyclic) bond motifs is 1. The molecule has 132 valence electrons. The molecule has 8 heteroatoms. The number of aryl methyl sites for hydroxylation is 1. The second-order valence-corrected chi connectivity index (χ2v) is 5.71. The summed E-state index contributed by atoms with van der Waals surface area (Å²) in [5.74, 6) is -0.315. The molecule has 3 aromatic heterocycles. The monoisotopic (exact) mass is 360 g/mol. The Labute approximate surface area is 153 Å². The van der Waals surface area contributed by atoms with E-state index >= 15 is 0 Å². The molecule has 0 radical (unpaired) electrons. The maximum atomic E-state index is 14.2. The quantitative estimate of drug-likeness (QED) is 0.551. The highest BCUT2D eigenvalue weighted by Gasteiger charge is 2.14. The third-order valence-electron chi connectivity index (χ3n) is 4.07. The number of rotatable bonds is 4. The molecule has 0 saturated heterocycles. The van der Waals surface area contributed by atoms with E-state index in [4.69, 9.17) is 10.00 Å². The lowest BCUT2D eigenvalue weighted by Gasteiger charge is -2.09. The number of pyridine rings is 1. The lowest BCUT2D eigenvalue weighted by Crippen LogP contribution is -1.96. The lowest BCUT2D eigenvalue weighted by atomic mass is 10.1. The summed E-state index contributed by atoms with van der Waals surface area (Å²) in [6, 6.07) is 9.55. The normalized spacial score (nSPS) is 10.7. The Morgan fingerprint density at radius 1 is 1.19 bits per heavy atom. The minimum absolute atomic E-state index is 0.0181. The van der Waals surface area contributed by atoms with Crippen LogP contribution in [0.4, 0.5) is 4.39 Å². The van der Waals surface area contributed by atoms with Crippen molar-refractivity contribution in [2.45, 2.75) is 13.5 Å². The third-order valence-corrected chi connectivity index (χ3v) is 4.07. The van der Waals surface area contributed by atoms with E-state index in [-0.39, 0.29) is 11.6 Å². The van der Waals surface area contributed by atoms with Gasteiger partial charge in [0, 0.05) is 24.4 Å². The molecule has 0 saturated carbocycles. The lowest BCUT2D eigenvalue weighted by molar-refractivity contribution is 0.428. The third kappa shape index (κ3) is 3.06. The van der Waals surface area contributed by atoms with Crippen molar-refractivity contribution in [2.24, 2.45) is 0 Å². The van der Waals surface area contributed by atoms with Gasteiger partial charge in [0.2, 0.25) is 5.88 Å². The first kappa shape index (κ1) is 16.6. The molecule has 0 amide bonds. The summed E-state index contributed by atoms with van der Waals surface area (Å²) in [6.45, 7) is 2.71. The highest BCUT2D eigenvalue weighted by Crippen LogP contribution is 2.31. The van der Waals surface area contributed by atoms with Crippen molar-refractivity contribution >= 4 is 11.2 Å². The van der Waals surface area contributed by atoms with Crippen LogP contribution in [0.25, 0.3) is 22.3 Å². The molecule has 0 aliphatic rings. The summed E-state index contributed by atoms with van der Waals surface area (Å²) >= 11 is 0. The fourth-order valence-electron chi connectivity index (χ4n) is 2.68. The molecule has 3 heterocycles. The summed E-state index contributed by atoms with van der Waals surface area (Å²) in [6.07, 6.45) is 4.65. The van der Waals surface area contributed by atoms with Gasteiger partial charge in [-0.05, 0) is 30.7 Å². The van der Waals surface area contributed by atoms with E-state index in [0.29, 0.717) is 22.3 Å². The summed E-state index contributed by atoms with van der Waals surface area (Å²) in [5, 5.41) is 17.0. The van der Waals surface area contributed by atoms with Gasteiger partial charge in [0.25, 0.3) is 0 Å². The zero-order valence-corrected chi connectivity index (χ0v) is 14.3. The van der Waals surface area contributed by atoms with Crippen LogP contribution in [0.3, 0.4) is 0 Å². The Morgan fingerprint density at radius 2 is 2.07 bits per heavy atom. The molecule has 0 atom stereocenters. The van der Waals surface area contributed by atoms with Gasteiger partial charge >= 0.3 is 0 Å². The largest absolute Gasteiger partial charge is 0.436 e. The van der Waals surface area contributed by atoms with Crippen LogP contribution < -0.4 is 4.74 Å². The van der Waals surface area contributed by atoms with Crippen molar-refractivity contribution < 1.29 is 9.13 Å². The molecule has 7 nitrogen and oxygen atoms in total. The van der Waals surface area contributed by atoms with Gasteiger partial charge < -0.3 is 9.30 Å². The summed E-state index contributed by atoms with van der Waals surface area (Å²) in [4.78, 5) is 8.41. The fourth-order valence-corrected chi connectivity index (χ4v) is 2.68. The summed E-state index contributed by atoms with van der Waals surface area (Å²) in [5.41, 5.74) is 3.16.